The average molecular weight is 613 g/mol. The second-order valence-corrected chi connectivity index (χ2v) is 30.6. The number of unbranched alkanes of at least 4 members (excludes halogenated alkanes) is 3. The van der Waals surface area contributed by atoms with Crippen molar-refractivity contribution in [3.05, 3.63) is 18.2 Å². The number of nitrogens with one attached hydrogen (secondary N) is 1. The van der Waals surface area contributed by atoms with Crippen molar-refractivity contribution < 1.29 is 14.0 Å². The van der Waals surface area contributed by atoms with Crippen LogP contribution in [0.1, 0.15) is 101 Å². The molecule has 0 saturated carbocycles. The van der Waals surface area contributed by atoms with Gasteiger partial charge >= 0.3 is 223 Å². The van der Waals surface area contributed by atoms with Crippen molar-refractivity contribution in [2.45, 2.75) is 138 Å². The zero-order valence-electron chi connectivity index (χ0n) is 24.8. The Kier molecular flexibility index (Phi) is 12.7. The van der Waals surface area contributed by atoms with Gasteiger partial charge in [-0.15, -0.1) is 0 Å². The number of carbonyl (C=O) groups excluding carboxylic acids is 1. The Labute approximate surface area is 222 Å². The summed E-state index contributed by atoms with van der Waals surface area (Å²) in [6.45, 7) is 24.1. The molecule has 0 radical (unpaired) electrons. The van der Waals surface area contributed by atoms with E-state index in [4.69, 9.17) is 9.16 Å². The molecule has 1 amide bonds. The van der Waals surface area contributed by atoms with Crippen LogP contribution in [0.15, 0.2) is 18.2 Å². The molecule has 0 bridgehead atoms. The Morgan fingerprint density at radius 1 is 0.886 bits per heavy atom. The molecule has 0 saturated heterocycles. The van der Waals surface area contributed by atoms with Crippen LogP contribution in [0.25, 0.3) is 0 Å². The number of carbonyl (C=O) groups is 1. The molecule has 0 fully saturated rings. The molecule has 0 spiro atoms. The number of hydrogen-bond acceptors (Lipinski definition) is 3. The van der Waals surface area contributed by atoms with Crippen LogP contribution in [0.2, 0.25) is 31.4 Å². The number of hydrogen-bond donors (Lipinski definition) is 1. The third-order valence-corrected chi connectivity index (χ3v) is 27.4. The van der Waals surface area contributed by atoms with E-state index in [1.165, 1.54) is 55.4 Å². The van der Waals surface area contributed by atoms with E-state index in [1.54, 1.807) is 0 Å². The molecule has 6 heteroatoms. The average Bonchev–Trinajstić information content (AvgIpc) is 2.72. The van der Waals surface area contributed by atoms with Gasteiger partial charge in [0.2, 0.25) is 0 Å². The summed E-state index contributed by atoms with van der Waals surface area (Å²) in [4.78, 5) is 12.9. The van der Waals surface area contributed by atoms with Crippen LogP contribution in [-0.2, 0) is 4.74 Å². The van der Waals surface area contributed by atoms with Crippen molar-refractivity contribution in [1.82, 2.24) is 0 Å². The van der Waals surface area contributed by atoms with E-state index in [-0.39, 0.29) is 11.1 Å². The fraction of sp³-hybridized carbons (Fsp3) is 0.759. The maximum atomic E-state index is 12.9. The minimum absolute atomic E-state index is 0.133. The number of anilines is 1. The minimum atomic E-state index is -2.87. The Bertz CT molecular complexity index is 774. The van der Waals surface area contributed by atoms with Gasteiger partial charge in [-0.3, -0.25) is 0 Å². The van der Waals surface area contributed by atoms with E-state index in [0.29, 0.717) is 0 Å². The van der Waals surface area contributed by atoms with E-state index in [9.17, 15) is 4.79 Å². The molecule has 35 heavy (non-hydrogen) atoms. The zero-order chi connectivity index (χ0) is 26.9. The Hall–Kier alpha value is -0.694. The molecule has 0 aromatic heterocycles. The fourth-order valence-electron chi connectivity index (χ4n) is 4.32. The summed E-state index contributed by atoms with van der Waals surface area (Å²) in [7, 11) is -1.97. The van der Waals surface area contributed by atoms with Gasteiger partial charge in [0, 0.05) is 0 Å². The first-order valence-electron chi connectivity index (χ1n) is 13.9. The predicted octanol–water partition coefficient (Wildman–Crippen LogP) is 9.47. The van der Waals surface area contributed by atoms with Gasteiger partial charge in [0.25, 0.3) is 0 Å². The van der Waals surface area contributed by atoms with Gasteiger partial charge in [-0.2, -0.15) is 0 Å². The summed E-state index contributed by atoms with van der Waals surface area (Å²) in [6.07, 6.45) is 7.08. The van der Waals surface area contributed by atoms with Crippen molar-refractivity contribution in [3.63, 3.8) is 0 Å². The second kappa shape index (κ2) is 13.7. The first-order chi connectivity index (χ1) is 16.1. The molecule has 4 nitrogen and oxygen atoms in total. The zero-order valence-corrected chi connectivity index (χ0v) is 28.7. The molecule has 0 unspecified atom stereocenters. The van der Waals surface area contributed by atoms with Crippen LogP contribution in [0.4, 0.5) is 10.5 Å². The number of ether oxygens (including phenoxy) is 1. The summed E-state index contributed by atoms with van der Waals surface area (Å²) in [5.74, 6) is 0.979. The standard InChI is InChI=1S/C17H28NO3Si.3C4H9.Sn/c1-16(2,3)20-15(19)18-13-9-11-14(12-10-13)21-22(7,8)17(4,5)6;3*1-3-4-2;/h9,11-12H,1-8H3,(H,18,19);3*1,3-4H2,2H3;. The second-order valence-electron chi connectivity index (χ2n) is 12.8. The van der Waals surface area contributed by atoms with Crippen LogP contribution in [0, 0.1) is 0 Å². The maximum absolute atomic E-state index is 12.9. The van der Waals surface area contributed by atoms with Crippen LogP contribution < -0.4 is 13.3 Å². The van der Waals surface area contributed by atoms with Crippen LogP contribution >= 0.6 is 0 Å². The van der Waals surface area contributed by atoms with Gasteiger partial charge in [-0.05, 0) is 0 Å². The normalized spacial score (nSPS) is 13.0. The third-order valence-electron chi connectivity index (χ3n) is 7.40. The Balaban J connectivity index is 3.66. The first-order valence-corrected chi connectivity index (χ1v) is 24.3. The predicted molar refractivity (Wildman–Crippen MR) is 159 cm³/mol. The van der Waals surface area contributed by atoms with Crippen molar-refractivity contribution in [3.8, 4) is 5.75 Å². The summed E-state index contributed by atoms with van der Waals surface area (Å²) < 4.78 is 17.9. The monoisotopic (exact) mass is 613 g/mol. The molecule has 0 heterocycles. The Morgan fingerprint density at radius 2 is 1.37 bits per heavy atom. The fourth-order valence-corrected chi connectivity index (χ4v) is 21.9. The molecule has 0 aliphatic carbocycles. The molecular formula is C29H55NO3SiSn. The van der Waals surface area contributed by atoms with Gasteiger partial charge in [-0.25, -0.2) is 0 Å². The summed E-state index contributed by atoms with van der Waals surface area (Å²) in [6, 6.07) is 6.49. The Morgan fingerprint density at radius 3 is 1.77 bits per heavy atom. The van der Waals surface area contributed by atoms with Crippen LogP contribution in [0.5, 0.6) is 5.75 Å². The molecule has 0 atom stereocenters. The van der Waals surface area contributed by atoms with Crippen LogP contribution in [0.3, 0.4) is 0 Å². The van der Waals surface area contributed by atoms with E-state index in [0.717, 1.165) is 11.4 Å². The number of amides is 1. The number of benzene rings is 1. The molecule has 1 aromatic rings. The van der Waals surface area contributed by atoms with Gasteiger partial charge in [0.05, 0.1) is 0 Å². The third kappa shape index (κ3) is 10.3. The molecule has 0 aliphatic heterocycles. The molecule has 202 valence electrons. The topological polar surface area (TPSA) is 47.6 Å². The van der Waals surface area contributed by atoms with E-state index in [2.05, 4.69) is 78.2 Å². The van der Waals surface area contributed by atoms with Crippen molar-refractivity contribution in [1.29, 1.82) is 0 Å². The number of rotatable bonds is 13. The van der Waals surface area contributed by atoms with Gasteiger partial charge in [0.1, 0.15) is 0 Å². The summed E-state index contributed by atoms with van der Waals surface area (Å²) in [5, 5.41) is 3.30. The van der Waals surface area contributed by atoms with E-state index >= 15 is 0 Å². The first kappa shape index (κ1) is 32.3. The van der Waals surface area contributed by atoms with Crippen LogP contribution in [-0.4, -0.2) is 38.4 Å². The van der Waals surface area contributed by atoms with E-state index in [1.807, 2.05) is 20.8 Å². The molecule has 1 N–H and O–H groups in total. The van der Waals surface area contributed by atoms with Gasteiger partial charge in [0.15, 0.2) is 0 Å². The molecule has 1 aromatic carbocycles. The molecular weight excluding hydrogens is 557 g/mol. The SMILES string of the molecule is CCC[CH2][Sn]([CH2]CCC)([CH2]CCC)[c]1cc(O[Si](C)(C)C(C)(C)C)ccc1NC(=O)OC(C)(C)C. The van der Waals surface area contributed by atoms with Crippen molar-refractivity contribution >= 4 is 42.1 Å². The van der Waals surface area contributed by atoms with Crippen molar-refractivity contribution in [2.24, 2.45) is 0 Å². The molecule has 1 rings (SSSR count). The summed E-state index contributed by atoms with van der Waals surface area (Å²) in [5.41, 5.74) is 0.434. The van der Waals surface area contributed by atoms with Gasteiger partial charge < -0.3 is 0 Å². The summed E-state index contributed by atoms with van der Waals surface area (Å²) >= 11 is -2.87. The molecule has 0 aliphatic rings. The quantitative estimate of drug-likeness (QED) is 0.226. The van der Waals surface area contributed by atoms with Gasteiger partial charge in [-0.1, -0.05) is 0 Å². The van der Waals surface area contributed by atoms with E-state index < -0.39 is 32.3 Å². The van der Waals surface area contributed by atoms with Crippen molar-refractivity contribution in [2.75, 3.05) is 5.32 Å².